The number of nitrogens with zero attached hydrogens (tertiary/aromatic N) is 1. The first kappa shape index (κ1) is 19.4. The Hall–Kier alpha value is -2.38. The number of hydrogen-bond donors (Lipinski definition) is 2. The quantitative estimate of drug-likeness (QED) is 0.843. The summed E-state index contributed by atoms with van der Waals surface area (Å²) in [6.07, 6.45) is 0.764. The Kier molecular flexibility index (Phi) is 5.53. The first-order chi connectivity index (χ1) is 12.8. The molecule has 3 rings (SSSR count). The lowest BCUT2D eigenvalue weighted by Crippen LogP contribution is -2.40. The maximum Gasteiger partial charge on any atom is 0.262 e. The summed E-state index contributed by atoms with van der Waals surface area (Å²) in [6.45, 7) is 4.59. The van der Waals surface area contributed by atoms with Gasteiger partial charge in [-0.15, -0.1) is 0 Å². The zero-order chi connectivity index (χ0) is 19.6. The second kappa shape index (κ2) is 7.70. The van der Waals surface area contributed by atoms with Crippen molar-refractivity contribution in [1.82, 2.24) is 4.90 Å². The zero-order valence-electron chi connectivity index (χ0n) is 15.5. The number of carbonyl (C=O) groups excluding carboxylic acids is 1. The van der Waals surface area contributed by atoms with Crippen molar-refractivity contribution in [3.8, 4) is 0 Å². The minimum absolute atomic E-state index is 0.158. The van der Waals surface area contributed by atoms with E-state index in [1.54, 1.807) is 48.2 Å². The average Bonchev–Trinajstić information content (AvgIpc) is 2.63. The standard InChI is InChI=1S/C20H24N2O4S/c1-14-6-7-15(2)19(12-14)27(25,26)21-17-5-3-4-16(13-17)20(24)22-10-8-18(23)9-11-22/h3-7,12-13,18,21,23H,8-11H2,1-2H3. The van der Waals surface area contributed by atoms with Crippen molar-refractivity contribution in [1.29, 1.82) is 0 Å². The van der Waals surface area contributed by atoms with Crippen molar-refractivity contribution in [3.63, 3.8) is 0 Å². The van der Waals surface area contributed by atoms with Crippen molar-refractivity contribution >= 4 is 21.6 Å². The van der Waals surface area contributed by atoms with Crippen LogP contribution in [0.4, 0.5) is 5.69 Å². The normalized spacial score (nSPS) is 15.6. The summed E-state index contributed by atoms with van der Waals surface area (Å²) in [5.41, 5.74) is 2.29. The van der Waals surface area contributed by atoms with Gasteiger partial charge < -0.3 is 10.0 Å². The Balaban J connectivity index is 1.81. The Morgan fingerprint density at radius 1 is 1.11 bits per heavy atom. The van der Waals surface area contributed by atoms with E-state index in [9.17, 15) is 18.3 Å². The molecule has 0 saturated carbocycles. The van der Waals surface area contributed by atoms with Gasteiger partial charge in [-0.1, -0.05) is 18.2 Å². The molecule has 0 unspecified atom stereocenters. The third-order valence-electron chi connectivity index (χ3n) is 4.75. The first-order valence-electron chi connectivity index (χ1n) is 8.94. The molecule has 0 radical (unpaired) electrons. The summed E-state index contributed by atoms with van der Waals surface area (Å²) >= 11 is 0. The summed E-state index contributed by atoms with van der Waals surface area (Å²) in [5.74, 6) is -0.158. The molecular formula is C20H24N2O4S. The van der Waals surface area contributed by atoms with E-state index in [4.69, 9.17) is 0 Å². The van der Waals surface area contributed by atoms with E-state index in [1.807, 2.05) is 13.0 Å². The zero-order valence-corrected chi connectivity index (χ0v) is 16.3. The van der Waals surface area contributed by atoms with Gasteiger partial charge in [-0.05, 0) is 62.1 Å². The molecule has 2 aromatic carbocycles. The topological polar surface area (TPSA) is 86.7 Å². The number of benzene rings is 2. The number of carbonyl (C=O) groups is 1. The van der Waals surface area contributed by atoms with Crippen LogP contribution in [0.15, 0.2) is 47.4 Å². The Morgan fingerprint density at radius 2 is 1.81 bits per heavy atom. The lowest BCUT2D eigenvalue weighted by molar-refractivity contribution is 0.0546. The van der Waals surface area contributed by atoms with Gasteiger partial charge >= 0.3 is 0 Å². The minimum atomic E-state index is -3.75. The van der Waals surface area contributed by atoms with Crippen LogP contribution in [0, 0.1) is 13.8 Å². The molecule has 7 heteroatoms. The number of amides is 1. The third kappa shape index (κ3) is 4.48. The van der Waals surface area contributed by atoms with Crippen molar-refractivity contribution in [2.24, 2.45) is 0 Å². The van der Waals surface area contributed by atoms with Gasteiger partial charge in [-0.3, -0.25) is 9.52 Å². The monoisotopic (exact) mass is 388 g/mol. The number of rotatable bonds is 4. The number of aliphatic hydroxyl groups is 1. The molecule has 144 valence electrons. The predicted octanol–water partition coefficient (Wildman–Crippen LogP) is 2.70. The van der Waals surface area contributed by atoms with E-state index in [2.05, 4.69) is 4.72 Å². The fourth-order valence-corrected chi connectivity index (χ4v) is 4.55. The summed E-state index contributed by atoms with van der Waals surface area (Å²) in [6, 6.07) is 11.8. The minimum Gasteiger partial charge on any atom is -0.393 e. The SMILES string of the molecule is Cc1ccc(C)c(S(=O)(=O)Nc2cccc(C(=O)N3CCC(O)CC3)c2)c1. The highest BCUT2D eigenvalue weighted by atomic mass is 32.2. The fraction of sp³-hybridized carbons (Fsp3) is 0.350. The highest BCUT2D eigenvalue weighted by molar-refractivity contribution is 7.92. The number of sulfonamides is 1. The number of hydrogen-bond acceptors (Lipinski definition) is 4. The van der Waals surface area contributed by atoms with Gasteiger partial charge in [0.2, 0.25) is 0 Å². The van der Waals surface area contributed by atoms with Crippen molar-refractivity contribution < 1.29 is 18.3 Å². The predicted molar refractivity (Wildman–Crippen MR) is 104 cm³/mol. The summed E-state index contributed by atoms with van der Waals surface area (Å²) in [4.78, 5) is 14.6. The van der Waals surface area contributed by atoms with Crippen molar-refractivity contribution in [2.75, 3.05) is 17.8 Å². The van der Waals surface area contributed by atoms with Crippen LogP contribution >= 0.6 is 0 Å². The molecule has 0 spiro atoms. The van der Waals surface area contributed by atoms with E-state index in [0.29, 0.717) is 42.7 Å². The van der Waals surface area contributed by atoms with Crippen LogP contribution in [0.25, 0.3) is 0 Å². The van der Waals surface area contributed by atoms with Crippen LogP contribution in [0.3, 0.4) is 0 Å². The van der Waals surface area contributed by atoms with Crippen LogP contribution in [0.1, 0.15) is 34.3 Å². The number of nitrogens with one attached hydrogen (secondary N) is 1. The van der Waals surface area contributed by atoms with Gasteiger partial charge in [0.1, 0.15) is 0 Å². The van der Waals surface area contributed by atoms with E-state index in [-0.39, 0.29) is 16.9 Å². The van der Waals surface area contributed by atoms with Crippen LogP contribution in [-0.2, 0) is 10.0 Å². The lowest BCUT2D eigenvalue weighted by atomic mass is 10.1. The molecule has 1 saturated heterocycles. The van der Waals surface area contributed by atoms with Gasteiger partial charge in [-0.2, -0.15) is 0 Å². The highest BCUT2D eigenvalue weighted by Gasteiger charge is 2.23. The van der Waals surface area contributed by atoms with Crippen LogP contribution < -0.4 is 4.72 Å². The van der Waals surface area contributed by atoms with Gasteiger partial charge in [0.25, 0.3) is 15.9 Å². The van der Waals surface area contributed by atoms with Crippen molar-refractivity contribution in [3.05, 3.63) is 59.2 Å². The molecule has 1 heterocycles. The molecule has 0 atom stereocenters. The Labute approximate surface area is 159 Å². The summed E-state index contributed by atoms with van der Waals surface area (Å²) in [7, 11) is -3.75. The van der Waals surface area contributed by atoms with E-state index in [1.165, 1.54) is 0 Å². The second-order valence-electron chi connectivity index (χ2n) is 6.98. The molecule has 1 aliphatic rings. The largest absolute Gasteiger partial charge is 0.393 e. The molecule has 1 aliphatic heterocycles. The number of anilines is 1. The molecular weight excluding hydrogens is 364 g/mol. The van der Waals surface area contributed by atoms with Gasteiger partial charge in [0.05, 0.1) is 11.0 Å². The maximum absolute atomic E-state index is 12.8. The van der Waals surface area contributed by atoms with Crippen LogP contribution in [0.2, 0.25) is 0 Å². The van der Waals surface area contributed by atoms with Gasteiger partial charge in [0.15, 0.2) is 0 Å². The molecule has 6 nitrogen and oxygen atoms in total. The number of aliphatic hydroxyl groups excluding tert-OH is 1. The second-order valence-corrected chi connectivity index (χ2v) is 8.63. The summed E-state index contributed by atoms with van der Waals surface area (Å²) in [5, 5.41) is 9.59. The number of piperidine rings is 1. The molecule has 0 aliphatic carbocycles. The first-order valence-corrected chi connectivity index (χ1v) is 10.4. The van der Waals surface area contributed by atoms with Crippen LogP contribution in [-0.4, -0.2) is 43.5 Å². The smallest absolute Gasteiger partial charge is 0.262 e. The van der Waals surface area contributed by atoms with Crippen LogP contribution in [0.5, 0.6) is 0 Å². The Bertz CT molecular complexity index is 948. The number of likely N-dealkylation sites (tertiary alicyclic amines) is 1. The van der Waals surface area contributed by atoms with E-state index in [0.717, 1.165) is 5.56 Å². The van der Waals surface area contributed by atoms with Crippen molar-refractivity contribution in [2.45, 2.75) is 37.7 Å². The fourth-order valence-electron chi connectivity index (χ4n) is 3.17. The third-order valence-corrected chi connectivity index (χ3v) is 6.27. The average molecular weight is 388 g/mol. The molecule has 2 N–H and O–H groups in total. The lowest BCUT2D eigenvalue weighted by Gasteiger charge is -2.29. The maximum atomic E-state index is 12.8. The molecule has 1 fully saturated rings. The molecule has 0 bridgehead atoms. The molecule has 1 amide bonds. The van der Waals surface area contributed by atoms with Gasteiger partial charge in [0, 0.05) is 24.3 Å². The summed E-state index contributed by atoms with van der Waals surface area (Å²) < 4.78 is 28.1. The molecule has 0 aromatic heterocycles. The van der Waals surface area contributed by atoms with E-state index >= 15 is 0 Å². The highest BCUT2D eigenvalue weighted by Crippen LogP contribution is 2.22. The molecule has 2 aromatic rings. The molecule has 27 heavy (non-hydrogen) atoms. The van der Waals surface area contributed by atoms with Gasteiger partial charge in [-0.25, -0.2) is 8.42 Å². The Morgan fingerprint density at radius 3 is 2.52 bits per heavy atom. The van der Waals surface area contributed by atoms with E-state index < -0.39 is 10.0 Å². The number of aryl methyl sites for hydroxylation is 2.